The second kappa shape index (κ2) is 5.94. The number of hydrogen-bond acceptors (Lipinski definition) is 5. The van der Waals surface area contributed by atoms with Gasteiger partial charge in [0, 0.05) is 22.9 Å². The first kappa shape index (κ1) is 13.0. The zero-order valence-corrected chi connectivity index (χ0v) is 10.9. The third-order valence-electron chi connectivity index (χ3n) is 2.20. The summed E-state index contributed by atoms with van der Waals surface area (Å²) in [6.07, 6.45) is 1.70. The molecule has 0 radical (unpaired) electrons. The molecule has 0 spiro atoms. The van der Waals surface area contributed by atoms with Crippen LogP contribution in [-0.4, -0.2) is 10.9 Å². The summed E-state index contributed by atoms with van der Waals surface area (Å²) < 4.78 is 14.4. The molecule has 2 aromatic rings. The highest BCUT2D eigenvalue weighted by Gasteiger charge is 2.09. The lowest BCUT2D eigenvalue weighted by Gasteiger charge is -2.05. The predicted octanol–water partition coefficient (Wildman–Crippen LogP) is 2.18. The molecule has 0 aliphatic rings. The monoisotopic (exact) mass is 283 g/mol. The third kappa shape index (κ3) is 3.06. The zero-order chi connectivity index (χ0) is 13.0. The van der Waals surface area contributed by atoms with Gasteiger partial charge in [-0.15, -0.1) is 11.3 Å². The molecule has 0 saturated carbocycles. The maximum atomic E-state index is 13.6. The van der Waals surface area contributed by atoms with Crippen LogP contribution in [0, 0.1) is 5.82 Å². The van der Waals surface area contributed by atoms with E-state index in [0.717, 1.165) is 4.34 Å². The fraction of sp³-hybridized carbons (Fsp3) is 0.0909. The van der Waals surface area contributed by atoms with Gasteiger partial charge in [0.15, 0.2) is 0 Å². The van der Waals surface area contributed by atoms with Crippen molar-refractivity contribution in [3.8, 4) is 0 Å². The van der Waals surface area contributed by atoms with E-state index in [1.54, 1.807) is 6.20 Å². The molecule has 1 aromatic carbocycles. The Labute approximate surface area is 111 Å². The number of thioether (sulfide) groups is 1. The van der Waals surface area contributed by atoms with Crippen molar-refractivity contribution in [2.24, 2.45) is 5.84 Å². The molecule has 1 amide bonds. The Bertz CT molecular complexity index is 545. The molecule has 94 valence electrons. The van der Waals surface area contributed by atoms with Gasteiger partial charge in [0.05, 0.1) is 0 Å². The number of hydrogen-bond donors (Lipinski definition) is 2. The van der Waals surface area contributed by atoms with Gasteiger partial charge in [0.25, 0.3) is 5.91 Å². The quantitative estimate of drug-likeness (QED) is 0.390. The average Bonchev–Trinajstić information content (AvgIpc) is 2.90. The zero-order valence-electron chi connectivity index (χ0n) is 9.22. The molecule has 7 heteroatoms. The van der Waals surface area contributed by atoms with Crippen molar-refractivity contribution in [2.45, 2.75) is 10.1 Å². The molecule has 3 N–H and O–H groups in total. The lowest BCUT2D eigenvalue weighted by Crippen LogP contribution is -2.30. The lowest BCUT2D eigenvalue weighted by atomic mass is 10.1. The Morgan fingerprint density at radius 2 is 2.39 bits per heavy atom. The van der Waals surface area contributed by atoms with E-state index in [-0.39, 0.29) is 5.82 Å². The number of amides is 1. The topological polar surface area (TPSA) is 68.0 Å². The van der Waals surface area contributed by atoms with Gasteiger partial charge in [-0.05, 0) is 23.8 Å². The molecule has 18 heavy (non-hydrogen) atoms. The summed E-state index contributed by atoms with van der Waals surface area (Å²) in [7, 11) is 0. The number of halogens is 1. The molecule has 4 nitrogen and oxygen atoms in total. The second-order valence-electron chi connectivity index (χ2n) is 3.37. The van der Waals surface area contributed by atoms with E-state index in [0.29, 0.717) is 16.9 Å². The number of carbonyl (C=O) groups is 1. The summed E-state index contributed by atoms with van der Waals surface area (Å²) in [6, 6.07) is 4.16. The van der Waals surface area contributed by atoms with E-state index in [1.165, 1.54) is 41.3 Å². The van der Waals surface area contributed by atoms with Gasteiger partial charge in [-0.3, -0.25) is 10.2 Å². The highest BCUT2D eigenvalue weighted by molar-refractivity contribution is 8.00. The highest BCUT2D eigenvalue weighted by atomic mass is 32.2. The number of hydrazine groups is 1. The third-order valence-corrected chi connectivity index (χ3v) is 4.21. The van der Waals surface area contributed by atoms with Gasteiger partial charge in [-0.2, -0.15) is 0 Å². The van der Waals surface area contributed by atoms with Gasteiger partial charge in [0.1, 0.15) is 10.2 Å². The van der Waals surface area contributed by atoms with Crippen molar-refractivity contribution >= 4 is 29.0 Å². The SMILES string of the molecule is NNC(=O)c1ccc(F)c(CSc2nccs2)c1. The number of rotatable bonds is 4. The normalized spacial score (nSPS) is 10.3. The van der Waals surface area contributed by atoms with Crippen molar-refractivity contribution in [2.75, 3.05) is 0 Å². The molecule has 0 atom stereocenters. The van der Waals surface area contributed by atoms with Crippen molar-refractivity contribution in [1.29, 1.82) is 0 Å². The summed E-state index contributed by atoms with van der Waals surface area (Å²) in [5.74, 6) is 4.68. The minimum absolute atomic E-state index is 0.340. The van der Waals surface area contributed by atoms with Crippen LogP contribution in [0.25, 0.3) is 0 Å². The molecule has 2 rings (SSSR count). The highest BCUT2D eigenvalue weighted by Crippen LogP contribution is 2.26. The summed E-state index contributed by atoms with van der Waals surface area (Å²) in [6.45, 7) is 0. The molecule has 0 aliphatic heterocycles. The van der Waals surface area contributed by atoms with Crippen LogP contribution < -0.4 is 11.3 Å². The lowest BCUT2D eigenvalue weighted by molar-refractivity contribution is 0.0953. The molecule has 0 saturated heterocycles. The van der Waals surface area contributed by atoms with Crippen LogP contribution >= 0.6 is 23.1 Å². The maximum absolute atomic E-state index is 13.6. The van der Waals surface area contributed by atoms with Crippen LogP contribution in [0.2, 0.25) is 0 Å². The molecular formula is C11H10FN3OS2. The van der Waals surface area contributed by atoms with Gasteiger partial charge in [-0.25, -0.2) is 15.2 Å². The number of nitrogens with two attached hydrogens (primary N) is 1. The van der Waals surface area contributed by atoms with Crippen molar-refractivity contribution in [3.63, 3.8) is 0 Å². The van der Waals surface area contributed by atoms with Crippen LogP contribution in [0.15, 0.2) is 34.1 Å². The number of nitrogens with one attached hydrogen (secondary N) is 1. The van der Waals surface area contributed by atoms with Gasteiger partial charge in [-0.1, -0.05) is 11.8 Å². The first-order chi connectivity index (χ1) is 8.70. The van der Waals surface area contributed by atoms with E-state index in [9.17, 15) is 9.18 Å². The second-order valence-corrected chi connectivity index (χ2v) is 5.48. The Hall–Kier alpha value is -1.44. The summed E-state index contributed by atoms with van der Waals surface area (Å²) in [5, 5.41) is 1.86. The summed E-state index contributed by atoms with van der Waals surface area (Å²) in [5.41, 5.74) is 2.82. The molecule has 0 aliphatic carbocycles. The summed E-state index contributed by atoms with van der Waals surface area (Å²) in [4.78, 5) is 15.4. The Morgan fingerprint density at radius 1 is 1.56 bits per heavy atom. The minimum atomic E-state index is -0.435. The predicted molar refractivity (Wildman–Crippen MR) is 69.7 cm³/mol. The van der Waals surface area contributed by atoms with Crippen LogP contribution in [0.4, 0.5) is 4.39 Å². The smallest absolute Gasteiger partial charge is 0.265 e. The maximum Gasteiger partial charge on any atom is 0.265 e. The largest absolute Gasteiger partial charge is 0.290 e. The van der Waals surface area contributed by atoms with E-state index >= 15 is 0 Å². The number of aromatic nitrogens is 1. The van der Waals surface area contributed by atoms with Crippen molar-refractivity contribution in [3.05, 3.63) is 46.7 Å². The molecule has 1 aromatic heterocycles. The number of nitrogens with zero attached hydrogens (tertiary/aromatic N) is 1. The molecule has 0 fully saturated rings. The molecule has 0 bridgehead atoms. The Morgan fingerprint density at radius 3 is 3.06 bits per heavy atom. The fourth-order valence-electron chi connectivity index (χ4n) is 1.33. The van der Waals surface area contributed by atoms with Crippen molar-refractivity contribution in [1.82, 2.24) is 10.4 Å². The molecule has 0 unspecified atom stereocenters. The van der Waals surface area contributed by atoms with Crippen LogP contribution in [0.5, 0.6) is 0 Å². The molecular weight excluding hydrogens is 273 g/mol. The van der Waals surface area contributed by atoms with Gasteiger partial charge < -0.3 is 0 Å². The van der Waals surface area contributed by atoms with E-state index in [4.69, 9.17) is 5.84 Å². The number of carbonyl (C=O) groups excluding carboxylic acids is 1. The average molecular weight is 283 g/mol. The van der Waals surface area contributed by atoms with Crippen LogP contribution in [0.3, 0.4) is 0 Å². The number of benzene rings is 1. The van der Waals surface area contributed by atoms with E-state index in [1.807, 2.05) is 10.8 Å². The first-order valence-electron chi connectivity index (χ1n) is 5.02. The first-order valence-corrected chi connectivity index (χ1v) is 6.89. The standard InChI is InChI=1S/C11H10FN3OS2/c12-9-2-1-7(10(16)15-13)5-8(9)6-18-11-14-3-4-17-11/h1-5H,6,13H2,(H,15,16). The van der Waals surface area contributed by atoms with Crippen LogP contribution in [-0.2, 0) is 5.75 Å². The van der Waals surface area contributed by atoms with E-state index in [2.05, 4.69) is 4.98 Å². The van der Waals surface area contributed by atoms with Gasteiger partial charge in [0.2, 0.25) is 0 Å². The van der Waals surface area contributed by atoms with Crippen LogP contribution in [0.1, 0.15) is 15.9 Å². The van der Waals surface area contributed by atoms with Gasteiger partial charge >= 0.3 is 0 Å². The number of nitrogen functional groups attached to an aromatic ring is 1. The summed E-state index contributed by atoms with van der Waals surface area (Å²) >= 11 is 2.92. The molecule has 1 heterocycles. The fourth-order valence-corrected chi connectivity index (χ4v) is 2.94. The Kier molecular flexibility index (Phi) is 4.29. The van der Waals surface area contributed by atoms with E-state index < -0.39 is 5.91 Å². The number of thiazole rings is 1. The Balaban J connectivity index is 2.13. The minimum Gasteiger partial charge on any atom is -0.290 e. The van der Waals surface area contributed by atoms with Crippen molar-refractivity contribution < 1.29 is 9.18 Å².